The second-order valence-electron chi connectivity index (χ2n) is 14.6. The Kier molecular flexibility index (Phi) is 22.8. The molecule has 2 aromatic rings. The van der Waals surface area contributed by atoms with Crippen LogP contribution in [-0.2, 0) is 51.3 Å². The molecule has 3 atom stereocenters. The summed E-state index contributed by atoms with van der Waals surface area (Å²) in [6.45, 7) is 4.06. The van der Waals surface area contributed by atoms with Gasteiger partial charge in [-0.3, -0.25) is 19.2 Å². The minimum absolute atomic E-state index is 0.0177. The fourth-order valence-electron chi connectivity index (χ4n) is 5.89. The number of allylic oxidation sites excluding steroid dienone is 1. The molecular formula is C44H60N2O14. The number of nitrogens with one attached hydrogen (secondary N) is 1. The van der Waals surface area contributed by atoms with E-state index in [9.17, 15) is 43.8 Å². The molecule has 0 aliphatic heterocycles. The number of Topliss-reactive ketones (excluding diaryl/α,β-unsaturated/α-hetero) is 1. The van der Waals surface area contributed by atoms with E-state index in [1.54, 1.807) is 31.2 Å². The normalized spacial score (nSPS) is 13.0. The number of carboxylic acid groups (broad SMARTS) is 1. The van der Waals surface area contributed by atoms with Crippen molar-refractivity contribution in [2.45, 2.75) is 129 Å². The number of rotatable bonds is 29. The van der Waals surface area contributed by atoms with Crippen LogP contribution in [0.3, 0.4) is 0 Å². The number of unbranched alkanes of at least 4 members (excludes halogenated alkanes) is 8. The molecule has 0 saturated carbocycles. The predicted molar refractivity (Wildman–Crippen MR) is 218 cm³/mol. The van der Waals surface area contributed by atoms with Crippen LogP contribution in [0.15, 0.2) is 50.0 Å². The van der Waals surface area contributed by atoms with Crippen LogP contribution in [-0.4, -0.2) is 89.6 Å². The Bertz CT molecular complexity index is 1850. The standard InChI is InChI=1S/C44H60N2O14/c1-6-8-10-13-16-19-33(47)20-17-14-11-12-15-18-21-35(44(55,42(52)53)28-39(49)57-29-37-31(3)59-43(54)60-37)40(50)45-36(41(51)58-30-38(48)46(4)5)27-32-22-24-34(25-23-32)56-26-9-7-2/h18,21-25,35-36,55H,6,8,10-17,19-20,26-30H2,1-5H3,(H,45,50)(H,52,53)/t35-,36+,44+/m1/s1. The van der Waals surface area contributed by atoms with E-state index >= 15 is 0 Å². The van der Waals surface area contributed by atoms with E-state index in [-0.39, 0.29) is 30.3 Å². The molecule has 1 aromatic heterocycles. The van der Waals surface area contributed by atoms with Crippen molar-refractivity contribution in [1.29, 1.82) is 0 Å². The summed E-state index contributed by atoms with van der Waals surface area (Å²) in [4.78, 5) is 90.4. The highest BCUT2D eigenvalue weighted by Gasteiger charge is 2.49. The maximum atomic E-state index is 14.1. The Hall–Kier alpha value is -5.69. The third kappa shape index (κ3) is 18.5. The van der Waals surface area contributed by atoms with Gasteiger partial charge in [0.2, 0.25) is 5.91 Å². The number of hydrogen-bond donors (Lipinski definition) is 3. The van der Waals surface area contributed by atoms with Gasteiger partial charge in [0.05, 0.1) is 12.3 Å². The van der Waals surface area contributed by atoms with Crippen LogP contribution in [0.4, 0.5) is 0 Å². The number of aliphatic carboxylic acids is 1. The van der Waals surface area contributed by atoms with E-state index in [1.165, 1.54) is 38.4 Å². The maximum absolute atomic E-state index is 14.1. The molecule has 0 spiro atoms. The first kappa shape index (κ1) is 50.5. The molecular weight excluding hydrogens is 780 g/mol. The lowest BCUT2D eigenvalue weighted by molar-refractivity contribution is -0.174. The van der Waals surface area contributed by atoms with Gasteiger partial charge >= 0.3 is 23.7 Å². The minimum Gasteiger partial charge on any atom is -0.481 e. The number of benzene rings is 1. The zero-order valence-electron chi connectivity index (χ0n) is 35.4. The Balaban J connectivity index is 2.30. The number of aryl methyl sites for hydroxylation is 1. The van der Waals surface area contributed by atoms with Crippen LogP contribution >= 0.6 is 0 Å². The summed E-state index contributed by atoms with van der Waals surface area (Å²) in [7, 11) is 2.93. The number of carbonyl (C=O) groups is 6. The van der Waals surface area contributed by atoms with Crippen molar-refractivity contribution < 1.29 is 62.0 Å². The molecule has 330 valence electrons. The average molecular weight is 841 g/mol. The highest BCUT2D eigenvalue weighted by atomic mass is 16.6. The molecule has 0 bridgehead atoms. The molecule has 2 rings (SSSR count). The van der Waals surface area contributed by atoms with Gasteiger partial charge in [-0.2, -0.15) is 0 Å². The quantitative estimate of drug-likeness (QED) is 0.0424. The van der Waals surface area contributed by atoms with Gasteiger partial charge in [-0.1, -0.05) is 75.7 Å². The molecule has 2 amide bonds. The summed E-state index contributed by atoms with van der Waals surface area (Å²) in [5.41, 5.74) is -2.58. The van der Waals surface area contributed by atoms with E-state index < -0.39 is 72.7 Å². The largest absolute Gasteiger partial charge is 0.519 e. The molecule has 1 aromatic carbocycles. The van der Waals surface area contributed by atoms with Gasteiger partial charge in [-0.05, 0) is 57.2 Å². The molecule has 0 aliphatic rings. The van der Waals surface area contributed by atoms with Gasteiger partial charge in [0.15, 0.2) is 30.3 Å². The van der Waals surface area contributed by atoms with Crippen molar-refractivity contribution in [3.8, 4) is 17.6 Å². The summed E-state index contributed by atoms with van der Waals surface area (Å²) in [6.07, 6.45) is 10.9. The number of aliphatic hydroxyl groups is 1. The molecule has 1 heterocycles. The highest BCUT2D eigenvalue weighted by molar-refractivity contribution is 5.95. The van der Waals surface area contributed by atoms with Crippen LogP contribution in [0.2, 0.25) is 0 Å². The first-order valence-corrected chi connectivity index (χ1v) is 20.3. The lowest BCUT2D eigenvalue weighted by Gasteiger charge is -2.30. The second-order valence-corrected chi connectivity index (χ2v) is 14.6. The number of ether oxygens (including phenoxy) is 3. The molecule has 0 radical (unpaired) electrons. The number of carbonyl (C=O) groups excluding carboxylic acids is 5. The molecule has 0 fully saturated rings. The lowest BCUT2D eigenvalue weighted by Crippen LogP contribution is -2.55. The van der Waals surface area contributed by atoms with Gasteiger partial charge in [0.1, 0.15) is 24.2 Å². The van der Waals surface area contributed by atoms with Crippen molar-refractivity contribution in [2.24, 2.45) is 5.92 Å². The molecule has 0 aliphatic carbocycles. The topological polar surface area (TPSA) is 229 Å². The Morgan fingerprint density at radius 3 is 2.17 bits per heavy atom. The van der Waals surface area contributed by atoms with Crippen molar-refractivity contribution in [3.63, 3.8) is 0 Å². The first-order valence-electron chi connectivity index (χ1n) is 20.3. The Morgan fingerprint density at radius 1 is 0.933 bits per heavy atom. The molecule has 0 saturated heterocycles. The van der Waals surface area contributed by atoms with Crippen molar-refractivity contribution in [1.82, 2.24) is 10.2 Å². The van der Waals surface area contributed by atoms with Crippen LogP contribution in [0.5, 0.6) is 5.75 Å². The van der Waals surface area contributed by atoms with Gasteiger partial charge in [-0.15, -0.1) is 5.92 Å². The molecule has 16 nitrogen and oxygen atoms in total. The number of amides is 2. The molecule has 60 heavy (non-hydrogen) atoms. The van der Waals surface area contributed by atoms with Gasteiger partial charge < -0.3 is 43.5 Å². The fraction of sp³-hybridized carbons (Fsp3) is 0.568. The number of nitrogens with zero attached hydrogens (tertiary/aromatic N) is 1. The summed E-state index contributed by atoms with van der Waals surface area (Å²) in [6, 6.07) is 5.01. The van der Waals surface area contributed by atoms with Crippen LogP contribution in [0.1, 0.15) is 114 Å². The van der Waals surface area contributed by atoms with Gasteiger partial charge in [0.25, 0.3) is 5.91 Å². The van der Waals surface area contributed by atoms with Gasteiger partial charge in [-0.25, -0.2) is 14.4 Å². The summed E-state index contributed by atoms with van der Waals surface area (Å²) in [5.74, 6) is -2.82. The average Bonchev–Trinajstić information content (AvgIpc) is 3.54. The summed E-state index contributed by atoms with van der Waals surface area (Å²) < 4.78 is 25.4. The van der Waals surface area contributed by atoms with Crippen LogP contribution in [0.25, 0.3) is 0 Å². The third-order valence-corrected chi connectivity index (χ3v) is 9.53. The fourth-order valence-corrected chi connectivity index (χ4v) is 5.89. The third-order valence-electron chi connectivity index (χ3n) is 9.53. The van der Waals surface area contributed by atoms with E-state index in [1.807, 2.05) is 0 Å². The number of ketones is 1. The first-order chi connectivity index (χ1) is 28.6. The number of hydrogen-bond acceptors (Lipinski definition) is 13. The van der Waals surface area contributed by atoms with E-state index in [0.717, 1.165) is 51.0 Å². The second kappa shape index (κ2) is 27.1. The molecule has 3 N–H and O–H groups in total. The SMILES string of the molecule is CC#CCOc1ccc(C[C@H](NC(=O)[C@@H](C=CCCCCCCC(=O)CCCCCCC)[C@@](O)(CC(=O)OCc2oc(=O)oc2C)C(=O)O)C(=O)OCC(=O)N(C)C)cc1. The summed E-state index contributed by atoms with van der Waals surface area (Å²) in [5, 5.41) is 24.4. The van der Waals surface area contributed by atoms with Crippen molar-refractivity contribution in [2.75, 3.05) is 27.3 Å². The molecule has 16 heteroatoms. The highest BCUT2D eigenvalue weighted by Crippen LogP contribution is 2.27. The van der Waals surface area contributed by atoms with Crippen LogP contribution < -0.4 is 15.9 Å². The summed E-state index contributed by atoms with van der Waals surface area (Å²) >= 11 is 0. The van der Waals surface area contributed by atoms with Gasteiger partial charge in [0, 0.05) is 33.4 Å². The number of esters is 2. The minimum atomic E-state index is -3.10. The van der Waals surface area contributed by atoms with Crippen molar-refractivity contribution >= 4 is 35.5 Å². The Labute approximate surface area is 351 Å². The number of likely N-dealkylation sites (N-methyl/N-ethyl adjacent to an activating group) is 1. The van der Waals surface area contributed by atoms with Crippen molar-refractivity contribution in [3.05, 3.63) is 64.1 Å². The van der Waals surface area contributed by atoms with E-state index in [4.69, 9.17) is 23.0 Å². The monoisotopic (exact) mass is 840 g/mol. The number of carboxylic acids is 1. The van der Waals surface area contributed by atoms with Crippen LogP contribution in [0, 0.1) is 24.7 Å². The zero-order valence-corrected chi connectivity index (χ0v) is 35.4. The Morgan fingerprint density at radius 2 is 1.58 bits per heavy atom. The lowest BCUT2D eigenvalue weighted by atomic mass is 9.82. The smallest absolute Gasteiger partial charge is 0.481 e. The zero-order chi connectivity index (χ0) is 44.5. The van der Waals surface area contributed by atoms with E-state index in [2.05, 4.69) is 24.1 Å². The van der Waals surface area contributed by atoms with E-state index in [0.29, 0.717) is 37.0 Å². The maximum Gasteiger partial charge on any atom is 0.519 e. The predicted octanol–water partition coefficient (Wildman–Crippen LogP) is 4.99. The molecule has 0 unspecified atom stereocenters.